The number of halogens is 2. The summed E-state index contributed by atoms with van der Waals surface area (Å²) in [6.07, 6.45) is -3.32. The number of hydrogen-bond acceptors (Lipinski definition) is 3. The minimum Gasteiger partial charge on any atom is -0.423 e. The molecule has 0 radical (unpaired) electrons. The Morgan fingerprint density at radius 1 is 1.40 bits per heavy atom. The molecule has 2 rings (SSSR count). The summed E-state index contributed by atoms with van der Waals surface area (Å²) in [6.45, 7) is 0. The summed E-state index contributed by atoms with van der Waals surface area (Å²) in [6, 6.07) is 3.78. The highest BCUT2D eigenvalue weighted by atomic mass is 19.3. The maximum atomic E-state index is 12.8. The molecule has 0 spiro atoms. The lowest BCUT2D eigenvalue weighted by Gasteiger charge is -2.24. The summed E-state index contributed by atoms with van der Waals surface area (Å²) < 4.78 is 29.7. The molecule has 15 heavy (non-hydrogen) atoms. The number of carbonyl (C=O) groups excluding carboxylic acids is 2. The monoisotopic (exact) mass is 213 g/mol. The van der Waals surface area contributed by atoms with Gasteiger partial charge in [0.25, 0.3) is 0 Å². The van der Waals surface area contributed by atoms with Crippen molar-refractivity contribution in [1.82, 2.24) is 0 Å². The van der Waals surface area contributed by atoms with E-state index in [1.165, 1.54) is 18.2 Å². The minimum atomic E-state index is -3.87. The fraction of sp³-hybridized carbons (Fsp3) is 0.111. The second-order valence-corrected chi connectivity index (χ2v) is 2.95. The molecular formula is C9H5F2NO3. The Balaban J connectivity index is 2.45. The fourth-order valence-corrected chi connectivity index (χ4v) is 1.19. The Labute approximate surface area is 82.8 Å². The minimum absolute atomic E-state index is 0.0653. The summed E-state index contributed by atoms with van der Waals surface area (Å²) in [7, 11) is 0. The molecule has 1 amide bonds. The van der Waals surface area contributed by atoms with Gasteiger partial charge < -0.3 is 10.1 Å². The van der Waals surface area contributed by atoms with E-state index in [1.807, 2.05) is 5.32 Å². The molecule has 0 bridgehead atoms. The second-order valence-electron chi connectivity index (χ2n) is 2.95. The molecule has 0 unspecified atom stereocenters. The van der Waals surface area contributed by atoms with Crippen LogP contribution in [0.2, 0.25) is 0 Å². The van der Waals surface area contributed by atoms with E-state index in [0.717, 1.165) is 0 Å². The second kappa shape index (κ2) is 3.01. The van der Waals surface area contributed by atoms with Gasteiger partial charge in [0.1, 0.15) is 6.29 Å². The van der Waals surface area contributed by atoms with Gasteiger partial charge in [-0.05, 0) is 18.2 Å². The molecule has 1 aromatic carbocycles. The lowest BCUT2D eigenvalue weighted by Crippen LogP contribution is -2.43. The molecule has 1 heterocycles. The van der Waals surface area contributed by atoms with Crippen LogP contribution in [0.4, 0.5) is 14.5 Å². The van der Waals surface area contributed by atoms with E-state index in [-0.39, 0.29) is 17.0 Å². The molecule has 0 atom stereocenters. The summed E-state index contributed by atoms with van der Waals surface area (Å²) in [4.78, 5) is 21.2. The van der Waals surface area contributed by atoms with Crippen LogP contribution in [0.3, 0.4) is 0 Å². The van der Waals surface area contributed by atoms with Gasteiger partial charge >= 0.3 is 12.0 Å². The van der Waals surface area contributed by atoms with Crippen molar-refractivity contribution in [3.63, 3.8) is 0 Å². The molecule has 6 heteroatoms. The molecular weight excluding hydrogens is 208 g/mol. The molecule has 1 aromatic rings. The number of nitrogens with one attached hydrogen (secondary N) is 1. The van der Waals surface area contributed by atoms with Crippen molar-refractivity contribution in [1.29, 1.82) is 0 Å². The average Bonchev–Trinajstić information content (AvgIpc) is 2.19. The number of rotatable bonds is 1. The smallest absolute Gasteiger partial charge is 0.423 e. The summed E-state index contributed by atoms with van der Waals surface area (Å²) in [5.74, 6) is -1.71. The number of fused-ring (bicyclic) bond motifs is 1. The first-order chi connectivity index (χ1) is 7.03. The van der Waals surface area contributed by atoms with Crippen LogP contribution in [0.5, 0.6) is 5.75 Å². The van der Waals surface area contributed by atoms with Gasteiger partial charge in [0.05, 0.1) is 5.69 Å². The average molecular weight is 213 g/mol. The van der Waals surface area contributed by atoms with Crippen LogP contribution in [-0.2, 0) is 4.79 Å². The predicted molar refractivity (Wildman–Crippen MR) is 46.0 cm³/mol. The Bertz CT molecular complexity index is 445. The Morgan fingerprint density at radius 2 is 2.13 bits per heavy atom. The van der Waals surface area contributed by atoms with Crippen LogP contribution in [0, 0.1) is 0 Å². The molecule has 0 saturated heterocycles. The molecule has 0 fully saturated rings. The number of carbonyl (C=O) groups is 2. The molecule has 1 aliphatic rings. The van der Waals surface area contributed by atoms with Crippen molar-refractivity contribution in [2.45, 2.75) is 6.11 Å². The van der Waals surface area contributed by atoms with E-state index in [0.29, 0.717) is 6.29 Å². The summed E-state index contributed by atoms with van der Waals surface area (Å²) >= 11 is 0. The first-order valence-electron chi connectivity index (χ1n) is 4.00. The van der Waals surface area contributed by atoms with Crippen molar-refractivity contribution in [3.05, 3.63) is 23.8 Å². The number of ether oxygens (including phenoxy) is 1. The van der Waals surface area contributed by atoms with Gasteiger partial charge in [0, 0.05) is 5.56 Å². The van der Waals surface area contributed by atoms with Crippen molar-refractivity contribution in [2.24, 2.45) is 0 Å². The molecule has 1 N–H and O–H groups in total. The topological polar surface area (TPSA) is 55.4 Å². The molecule has 78 valence electrons. The first-order valence-corrected chi connectivity index (χ1v) is 4.00. The maximum absolute atomic E-state index is 12.8. The van der Waals surface area contributed by atoms with E-state index in [4.69, 9.17) is 0 Å². The van der Waals surface area contributed by atoms with E-state index in [2.05, 4.69) is 4.74 Å². The molecule has 0 aliphatic carbocycles. The van der Waals surface area contributed by atoms with Gasteiger partial charge in [-0.3, -0.25) is 9.59 Å². The predicted octanol–water partition coefficient (Wildman–Crippen LogP) is 1.42. The zero-order chi connectivity index (χ0) is 11.1. The Morgan fingerprint density at radius 3 is 2.80 bits per heavy atom. The van der Waals surface area contributed by atoms with E-state index >= 15 is 0 Å². The van der Waals surface area contributed by atoms with Gasteiger partial charge in [0.2, 0.25) is 0 Å². The van der Waals surface area contributed by atoms with Gasteiger partial charge in [-0.25, -0.2) is 0 Å². The molecule has 0 aromatic heterocycles. The molecule has 4 nitrogen and oxygen atoms in total. The lowest BCUT2D eigenvalue weighted by molar-refractivity contribution is -0.189. The molecule has 1 aliphatic heterocycles. The van der Waals surface area contributed by atoms with E-state index in [1.54, 1.807) is 0 Å². The number of hydrogen-bond donors (Lipinski definition) is 1. The largest absolute Gasteiger partial charge is 0.482 e. The number of amides is 1. The van der Waals surface area contributed by atoms with Crippen LogP contribution in [0.1, 0.15) is 10.4 Å². The van der Waals surface area contributed by atoms with Gasteiger partial charge in [-0.2, -0.15) is 8.78 Å². The summed E-state index contributed by atoms with van der Waals surface area (Å²) in [5, 5.41) is 1.95. The van der Waals surface area contributed by atoms with Crippen LogP contribution in [-0.4, -0.2) is 18.3 Å². The lowest BCUT2D eigenvalue weighted by atomic mass is 10.2. The van der Waals surface area contributed by atoms with Crippen LogP contribution in [0.15, 0.2) is 18.2 Å². The van der Waals surface area contributed by atoms with Crippen LogP contribution in [0.25, 0.3) is 0 Å². The summed E-state index contributed by atoms with van der Waals surface area (Å²) in [5.41, 5.74) is 0.332. The zero-order valence-electron chi connectivity index (χ0n) is 7.29. The standard InChI is InChI=1S/C9H5F2NO3/c10-9(11)8(14)12-6-3-5(4-13)1-2-7(6)15-9/h1-4H,(H,12,14). The highest BCUT2D eigenvalue weighted by Crippen LogP contribution is 2.35. The van der Waals surface area contributed by atoms with Gasteiger partial charge in [0.15, 0.2) is 5.75 Å². The maximum Gasteiger partial charge on any atom is 0.482 e. The number of anilines is 1. The third-order valence-electron chi connectivity index (χ3n) is 1.89. The number of aldehydes is 1. The van der Waals surface area contributed by atoms with Crippen molar-refractivity contribution >= 4 is 17.9 Å². The molecule has 0 saturated carbocycles. The quantitative estimate of drug-likeness (QED) is 0.718. The zero-order valence-corrected chi connectivity index (χ0v) is 7.29. The fourth-order valence-electron chi connectivity index (χ4n) is 1.19. The van der Waals surface area contributed by atoms with Gasteiger partial charge in [-0.15, -0.1) is 0 Å². The third kappa shape index (κ3) is 1.54. The SMILES string of the molecule is O=Cc1ccc2c(c1)NC(=O)C(F)(F)O2. The highest BCUT2D eigenvalue weighted by molar-refractivity contribution is 5.99. The number of alkyl halides is 2. The normalized spacial score (nSPS) is 17.3. The van der Waals surface area contributed by atoms with Crippen molar-refractivity contribution in [3.8, 4) is 5.75 Å². The van der Waals surface area contributed by atoms with Crippen LogP contribution < -0.4 is 10.1 Å². The van der Waals surface area contributed by atoms with E-state index < -0.39 is 12.0 Å². The first kappa shape index (κ1) is 9.57. The number of benzene rings is 1. The van der Waals surface area contributed by atoms with E-state index in [9.17, 15) is 18.4 Å². The van der Waals surface area contributed by atoms with Crippen LogP contribution >= 0.6 is 0 Å². The third-order valence-corrected chi connectivity index (χ3v) is 1.89. The van der Waals surface area contributed by atoms with Gasteiger partial charge in [-0.1, -0.05) is 0 Å². The van der Waals surface area contributed by atoms with Crippen molar-refractivity contribution in [2.75, 3.05) is 5.32 Å². The Hall–Kier alpha value is -1.98. The Kier molecular flexibility index (Phi) is 1.92. The van der Waals surface area contributed by atoms with Crippen molar-refractivity contribution < 1.29 is 23.1 Å². The highest BCUT2D eigenvalue weighted by Gasteiger charge is 2.46.